The number of likely N-dealkylation sites (tertiary alicyclic amines) is 1. The van der Waals surface area contributed by atoms with Gasteiger partial charge in [0.2, 0.25) is 5.89 Å². The van der Waals surface area contributed by atoms with Crippen molar-refractivity contribution in [1.82, 2.24) is 19.4 Å². The van der Waals surface area contributed by atoms with E-state index in [0.29, 0.717) is 5.89 Å². The largest absolute Gasteiger partial charge is 0.444 e. The molecule has 3 heterocycles. The zero-order valence-electron chi connectivity index (χ0n) is 16.1. The van der Waals surface area contributed by atoms with E-state index in [2.05, 4.69) is 51.7 Å². The van der Waals surface area contributed by atoms with Crippen LogP contribution in [0.25, 0.3) is 28.2 Å². The number of piperidine rings is 1. The molecule has 1 aliphatic rings. The van der Waals surface area contributed by atoms with Crippen molar-refractivity contribution in [2.24, 2.45) is 5.92 Å². The summed E-state index contributed by atoms with van der Waals surface area (Å²) in [6, 6.07) is 16.4. The molecule has 0 unspecified atom stereocenters. The fraction of sp³-hybridized carbons (Fsp3) is 0.304. The number of para-hydroxylation sites is 2. The predicted molar refractivity (Wildman–Crippen MR) is 110 cm³/mol. The van der Waals surface area contributed by atoms with Crippen LogP contribution < -0.4 is 0 Å². The molecule has 0 amide bonds. The minimum absolute atomic E-state index is 0.683. The molecule has 4 aromatic rings. The third-order valence-electron chi connectivity index (χ3n) is 5.66. The summed E-state index contributed by atoms with van der Waals surface area (Å²) in [6.45, 7) is 5.50. The van der Waals surface area contributed by atoms with Gasteiger partial charge in [-0.25, -0.2) is 9.97 Å². The number of benzene rings is 2. The zero-order valence-corrected chi connectivity index (χ0v) is 16.1. The molecular weight excluding hydrogens is 348 g/mol. The molecule has 1 aliphatic heterocycles. The van der Waals surface area contributed by atoms with Crippen molar-refractivity contribution in [2.45, 2.75) is 26.3 Å². The van der Waals surface area contributed by atoms with Gasteiger partial charge >= 0.3 is 0 Å². The fourth-order valence-corrected chi connectivity index (χ4v) is 3.89. The highest BCUT2D eigenvalue weighted by Gasteiger charge is 2.17. The standard InChI is InChI=1S/C23H24N4O/c1-17-10-12-26(13-11-17)14-19-15-28-23(25-19)18-6-8-20(9-7-18)27-16-24-21-4-2-3-5-22(21)27/h2-9,15-17H,10-14H2,1H3. The summed E-state index contributed by atoms with van der Waals surface area (Å²) < 4.78 is 7.85. The van der Waals surface area contributed by atoms with Gasteiger partial charge in [0, 0.05) is 17.8 Å². The second kappa shape index (κ2) is 7.24. The molecule has 5 nitrogen and oxygen atoms in total. The molecule has 28 heavy (non-hydrogen) atoms. The Morgan fingerprint density at radius 3 is 2.64 bits per heavy atom. The number of fused-ring (bicyclic) bond motifs is 1. The summed E-state index contributed by atoms with van der Waals surface area (Å²) in [4.78, 5) is 11.6. The van der Waals surface area contributed by atoms with Crippen LogP contribution >= 0.6 is 0 Å². The van der Waals surface area contributed by atoms with Gasteiger partial charge < -0.3 is 4.42 Å². The first-order valence-corrected chi connectivity index (χ1v) is 9.96. The molecule has 142 valence electrons. The Hall–Kier alpha value is -2.92. The van der Waals surface area contributed by atoms with Crippen molar-refractivity contribution in [3.8, 4) is 17.1 Å². The van der Waals surface area contributed by atoms with Gasteiger partial charge in [-0.1, -0.05) is 19.1 Å². The Labute approximate surface area is 164 Å². The van der Waals surface area contributed by atoms with Gasteiger partial charge in [-0.3, -0.25) is 9.47 Å². The lowest BCUT2D eigenvalue weighted by Crippen LogP contribution is -2.32. The Balaban J connectivity index is 1.33. The van der Waals surface area contributed by atoms with E-state index in [1.165, 1.54) is 12.8 Å². The molecule has 0 N–H and O–H groups in total. The normalized spacial score (nSPS) is 16.0. The molecule has 5 heteroatoms. The lowest BCUT2D eigenvalue weighted by Gasteiger charge is -2.29. The quantitative estimate of drug-likeness (QED) is 0.510. The molecule has 0 bridgehead atoms. The number of hydrogen-bond donors (Lipinski definition) is 0. The smallest absolute Gasteiger partial charge is 0.226 e. The van der Waals surface area contributed by atoms with Gasteiger partial charge in [-0.05, 0) is 68.2 Å². The molecule has 0 atom stereocenters. The third kappa shape index (κ3) is 3.34. The Morgan fingerprint density at radius 2 is 1.82 bits per heavy atom. The van der Waals surface area contributed by atoms with Crippen LogP contribution in [-0.4, -0.2) is 32.5 Å². The van der Waals surface area contributed by atoms with Crippen LogP contribution in [0.1, 0.15) is 25.5 Å². The number of imidazole rings is 1. The summed E-state index contributed by atoms with van der Waals surface area (Å²) in [6.07, 6.45) is 6.21. The van der Waals surface area contributed by atoms with Crippen LogP contribution in [0.3, 0.4) is 0 Å². The molecule has 2 aromatic heterocycles. The highest BCUT2D eigenvalue weighted by Crippen LogP contribution is 2.24. The van der Waals surface area contributed by atoms with E-state index in [1.54, 1.807) is 6.26 Å². The summed E-state index contributed by atoms with van der Waals surface area (Å²) in [5.41, 5.74) is 5.17. The van der Waals surface area contributed by atoms with E-state index in [9.17, 15) is 0 Å². The SMILES string of the molecule is CC1CCN(Cc2coc(-c3ccc(-n4cnc5ccccc54)cc3)n2)CC1. The highest BCUT2D eigenvalue weighted by molar-refractivity contribution is 5.77. The summed E-state index contributed by atoms with van der Waals surface area (Å²) in [7, 11) is 0. The molecule has 0 aliphatic carbocycles. The van der Waals surface area contributed by atoms with Gasteiger partial charge in [0.15, 0.2) is 0 Å². The average molecular weight is 372 g/mol. The van der Waals surface area contributed by atoms with E-state index in [-0.39, 0.29) is 0 Å². The molecule has 1 fully saturated rings. The lowest BCUT2D eigenvalue weighted by molar-refractivity contribution is 0.183. The van der Waals surface area contributed by atoms with Gasteiger partial charge in [0.25, 0.3) is 0 Å². The second-order valence-corrected chi connectivity index (χ2v) is 7.75. The Bertz CT molecular complexity index is 1070. The van der Waals surface area contributed by atoms with Crippen LogP contribution in [0, 0.1) is 5.92 Å². The van der Waals surface area contributed by atoms with E-state index >= 15 is 0 Å². The maximum Gasteiger partial charge on any atom is 0.226 e. The van der Waals surface area contributed by atoms with E-state index in [0.717, 1.165) is 53.5 Å². The van der Waals surface area contributed by atoms with E-state index in [1.807, 2.05) is 24.5 Å². The first-order chi connectivity index (χ1) is 13.8. The molecule has 1 saturated heterocycles. The van der Waals surface area contributed by atoms with Crippen LogP contribution in [0.15, 0.2) is 65.5 Å². The molecular formula is C23H24N4O. The molecule has 2 aromatic carbocycles. The van der Waals surface area contributed by atoms with Crippen LogP contribution in [0.4, 0.5) is 0 Å². The van der Waals surface area contributed by atoms with Gasteiger partial charge in [-0.2, -0.15) is 0 Å². The molecule has 0 saturated carbocycles. The summed E-state index contributed by atoms with van der Waals surface area (Å²) in [5, 5.41) is 0. The second-order valence-electron chi connectivity index (χ2n) is 7.75. The minimum atomic E-state index is 0.683. The van der Waals surface area contributed by atoms with Crippen molar-refractivity contribution >= 4 is 11.0 Å². The van der Waals surface area contributed by atoms with E-state index in [4.69, 9.17) is 9.40 Å². The topological polar surface area (TPSA) is 47.1 Å². The maximum atomic E-state index is 5.76. The maximum absolute atomic E-state index is 5.76. The predicted octanol–water partition coefficient (Wildman–Crippen LogP) is 4.91. The first kappa shape index (κ1) is 17.2. The van der Waals surface area contributed by atoms with Crippen molar-refractivity contribution in [1.29, 1.82) is 0 Å². The van der Waals surface area contributed by atoms with Gasteiger partial charge in [0.05, 0.1) is 16.7 Å². The van der Waals surface area contributed by atoms with Gasteiger partial charge in [0.1, 0.15) is 12.6 Å². The van der Waals surface area contributed by atoms with Crippen LogP contribution in [-0.2, 0) is 6.54 Å². The Morgan fingerprint density at radius 1 is 1.04 bits per heavy atom. The average Bonchev–Trinajstić information content (AvgIpc) is 3.37. The first-order valence-electron chi connectivity index (χ1n) is 9.96. The molecule has 0 radical (unpaired) electrons. The Kier molecular flexibility index (Phi) is 4.45. The van der Waals surface area contributed by atoms with Crippen molar-refractivity contribution in [3.05, 3.63) is 66.8 Å². The van der Waals surface area contributed by atoms with Crippen LogP contribution in [0.2, 0.25) is 0 Å². The number of oxazole rings is 1. The van der Waals surface area contributed by atoms with Crippen molar-refractivity contribution < 1.29 is 4.42 Å². The monoisotopic (exact) mass is 372 g/mol. The number of nitrogens with zero attached hydrogens (tertiary/aromatic N) is 4. The third-order valence-corrected chi connectivity index (χ3v) is 5.66. The number of rotatable bonds is 4. The number of hydrogen-bond acceptors (Lipinski definition) is 4. The summed E-state index contributed by atoms with van der Waals surface area (Å²) >= 11 is 0. The molecule has 0 spiro atoms. The highest BCUT2D eigenvalue weighted by atomic mass is 16.3. The van der Waals surface area contributed by atoms with Gasteiger partial charge in [-0.15, -0.1) is 0 Å². The van der Waals surface area contributed by atoms with Crippen molar-refractivity contribution in [3.63, 3.8) is 0 Å². The van der Waals surface area contributed by atoms with Crippen molar-refractivity contribution in [2.75, 3.05) is 13.1 Å². The van der Waals surface area contributed by atoms with E-state index < -0.39 is 0 Å². The zero-order chi connectivity index (χ0) is 18.9. The molecule has 5 rings (SSSR count). The lowest BCUT2D eigenvalue weighted by atomic mass is 9.99. The fourth-order valence-electron chi connectivity index (χ4n) is 3.89. The van der Waals surface area contributed by atoms with Crippen LogP contribution in [0.5, 0.6) is 0 Å². The minimum Gasteiger partial charge on any atom is -0.444 e. The number of aromatic nitrogens is 3. The summed E-state index contributed by atoms with van der Waals surface area (Å²) in [5.74, 6) is 1.53.